The molecule has 274 valence electrons. The number of aliphatic hydroxyl groups excluding tert-OH is 1. The molecule has 3 aliphatic rings. The van der Waals surface area contributed by atoms with Crippen molar-refractivity contribution in [2.24, 2.45) is 5.92 Å². The van der Waals surface area contributed by atoms with E-state index in [-0.39, 0.29) is 31.3 Å². The number of hydrogen-bond acceptors (Lipinski definition) is 10. The van der Waals surface area contributed by atoms with Gasteiger partial charge in [-0.3, -0.25) is 19.2 Å². The zero-order valence-electron chi connectivity index (χ0n) is 28.6. The number of carbonyl (C=O) groups is 6. The number of hydrogen-bond donors (Lipinski definition) is 6. The molecular formula is C35H48N3O12+. The highest BCUT2D eigenvalue weighted by Gasteiger charge is 2.50. The van der Waals surface area contributed by atoms with Gasteiger partial charge in [-0.1, -0.05) is 23.8 Å². The second-order valence-corrected chi connectivity index (χ2v) is 12.7. The Kier molecular flexibility index (Phi) is 15.3. The first-order chi connectivity index (χ1) is 23.7. The number of ketones is 2. The van der Waals surface area contributed by atoms with Crippen LogP contribution in [0.4, 0.5) is 0 Å². The summed E-state index contributed by atoms with van der Waals surface area (Å²) in [4.78, 5) is 73.3. The molecule has 0 saturated carbocycles. The molecule has 2 amide bonds. The first-order valence-corrected chi connectivity index (χ1v) is 16.6. The van der Waals surface area contributed by atoms with E-state index in [0.717, 1.165) is 29.7 Å². The van der Waals surface area contributed by atoms with Gasteiger partial charge in [-0.25, -0.2) is 9.59 Å². The fraction of sp³-hybridized carbons (Fsp3) is 0.543. The van der Waals surface area contributed by atoms with E-state index in [1.165, 1.54) is 7.11 Å². The maximum atomic E-state index is 13.8. The van der Waals surface area contributed by atoms with Crippen molar-refractivity contribution in [2.45, 2.75) is 69.7 Å². The van der Waals surface area contributed by atoms with Crippen molar-refractivity contribution < 1.29 is 63.2 Å². The van der Waals surface area contributed by atoms with Crippen LogP contribution in [-0.4, -0.2) is 115 Å². The summed E-state index contributed by atoms with van der Waals surface area (Å²) in [5, 5.41) is 32.6. The largest absolute Gasteiger partial charge is 0.497 e. The Morgan fingerprint density at radius 1 is 1.02 bits per heavy atom. The van der Waals surface area contributed by atoms with Crippen LogP contribution in [0, 0.1) is 5.92 Å². The zero-order valence-corrected chi connectivity index (χ0v) is 28.6. The number of carboxylic acid groups (broad SMARTS) is 2. The average Bonchev–Trinajstić information content (AvgIpc) is 3.63. The molecule has 0 unspecified atom stereocenters. The second kappa shape index (κ2) is 19.1. The summed E-state index contributed by atoms with van der Waals surface area (Å²) in [7, 11) is 1.53. The van der Waals surface area contributed by atoms with Gasteiger partial charge < -0.3 is 45.1 Å². The Balaban J connectivity index is 0.000000753. The molecule has 6 N–H and O–H groups in total. The molecular weight excluding hydrogens is 654 g/mol. The molecule has 15 nitrogen and oxygen atoms in total. The number of allylic oxidation sites excluding steroid dienone is 1. The lowest BCUT2D eigenvalue weighted by Crippen LogP contribution is -3.15. The van der Waals surface area contributed by atoms with Crippen LogP contribution in [0.25, 0.3) is 0 Å². The highest BCUT2D eigenvalue weighted by Crippen LogP contribution is 2.33. The minimum Gasteiger partial charge on any atom is -0.497 e. The number of quaternary nitrogens is 1. The van der Waals surface area contributed by atoms with Gasteiger partial charge in [0.2, 0.25) is 5.91 Å². The standard InChI is InChI=1S/C31H43N3O8.C4H4O4/c1-20(32-27(36)18-34-12-14-41-15-13-34)26(35)17-24(28(37)22-8-10-23(40-3)11-9-22)30(39)33-25(16-21-6-4-5-7-21)29(38)31(2)19-42-31;5-3(6)1-2-4(7)8/h6,8-11,20,24-25,28,37H,4-5,7,12-19H2,1-3H3,(H,32,36)(H,33,39);1-2H,(H,5,6)(H,7,8)/p+1/b;2-1+/t20-,24-,25-,28+,31+;/m0./s1. The van der Waals surface area contributed by atoms with Crippen LogP contribution in [0.2, 0.25) is 0 Å². The topological polar surface area (TPSA) is 223 Å². The number of carboxylic acids is 2. The lowest BCUT2D eigenvalue weighted by Gasteiger charge is -2.27. The molecule has 2 heterocycles. The Morgan fingerprint density at radius 2 is 1.64 bits per heavy atom. The maximum absolute atomic E-state index is 13.8. The van der Waals surface area contributed by atoms with E-state index < -0.39 is 53.3 Å². The predicted molar refractivity (Wildman–Crippen MR) is 177 cm³/mol. The molecule has 4 rings (SSSR count). The van der Waals surface area contributed by atoms with Crippen LogP contribution in [-0.2, 0) is 38.2 Å². The summed E-state index contributed by atoms with van der Waals surface area (Å²) in [5.74, 6) is -4.63. The van der Waals surface area contributed by atoms with Gasteiger partial charge in [0.15, 0.2) is 18.1 Å². The van der Waals surface area contributed by atoms with E-state index in [1.807, 2.05) is 0 Å². The Hall–Kier alpha value is -4.44. The fourth-order valence-corrected chi connectivity index (χ4v) is 5.65. The molecule has 0 radical (unpaired) electrons. The molecule has 1 aromatic carbocycles. The van der Waals surface area contributed by atoms with Gasteiger partial charge in [-0.2, -0.15) is 0 Å². The van der Waals surface area contributed by atoms with Crippen LogP contribution in [0.15, 0.2) is 48.1 Å². The number of aliphatic carboxylic acids is 2. The molecule has 0 bridgehead atoms. The predicted octanol–water partition coefficient (Wildman–Crippen LogP) is -0.221. The van der Waals surface area contributed by atoms with Gasteiger partial charge in [0.1, 0.15) is 24.4 Å². The summed E-state index contributed by atoms with van der Waals surface area (Å²) in [6.45, 7) is 6.39. The van der Waals surface area contributed by atoms with E-state index >= 15 is 0 Å². The van der Waals surface area contributed by atoms with Gasteiger partial charge in [0, 0.05) is 18.6 Å². The molecule has 0 spiro atoms. The van der Waals surface area contributed by atoms with E-state index in [4.69, 9.17) is 24.4 Å². The average molecular weight is 703 g/mol. The van der Waals surface area contributed by atoms with Crippen molar-refractivity contribution >= 4 is 35.3 Å². The summed E-state index contributed by atoms with van der Waals surface area (Å²) >= 11 is 0. The summed E-state index contributed by atoms with van der Waals surface area (Å²) in [5.41, 5.74) is 0.577. The van der Waals surface area contributed by atoms with Crippen molar-refractivity contribution in [3.05, 3.63) is 53.6 Å². The van der Waals surface area contributed by atoms with Crippen LogP contribution < -0.4 is 20.3 Å². The molecule has 1 aromatic rings. The number of Topliss-reactive ketones (excluding diaryl/α,β-unsaturated/α-hetero) is 2. The molecule has 1 aliphatic carbocycles. The summed E-state index contributed by atoms with van der Waals surface area (Å²) in [6.07, 6.45) is 4.70. The van der Waals surface area contributed by atoms with Gasteiger partial charge in [-0.15, -0.1) is 0 Å². The number of amides is 2. The van der Waals surface area contributed by atoms with Crippen molar-refractivity contribution in [2.75, 3.05) is 46.6 Å². The minimum atomic E-state index is -1.34. The number of nitrogens with one attached hydrogen (secondary N) is 3. The Morgan fingerprint density at radius 3 is 2.16 bits per heavy atom. The number of aliphatic hydroxyl groups is 1. The normalized spacial score (nSPS) is 21.0. The summed E-state index contributed by atoms with van der Waals surface area (Å²) in [6, 6.07) is 4.89. The Bertz CT molecular complexity index is 1410. The monoisotopic (exact) mass is 702 g/mol. The van der Waals surface area contributed by atoms with Gasteiger partial charge in [0.25, 0.3) is 5.91 Å². The minimum absolute atomic E-state index is 0.222. The first-order valence-electron chi connectivity index (χ1n) is 16.6. The fourth-order valence-electron chi connectivity index (χ4n) is 5.65. The van der Waals surface area contributed by atoms with E-state index in [0.29, 0.717) is 56.2 Å². The molecule has 15 heteroatoms. The van der Waals surface area contributed by atoms with Gasteiger partial charge in [-0.05, 0) is 57.2 Å². The molecule has 5 atom stereocenters. The quantitative estimate of drug-likeness (QED) is 0.0705. The molecule has 2 saturated heterocycles. The van der Waals surface area contributed by atoms with Gasteiger partial charge in [0.05, 0.1) is 51.0 Å². The lowest BCUT2D eigenvalue weighted by molar-refractivity contribution is -0.900. The van der Waals surface area contributed by atoms with E-state index in [9.17, 15) is 33.9 Å². The summed E-state index contributed by atoms with van der Waals surface area (Å²) < 4.78 is 15.9. The molecule has 2 fully saturated rings. The number of carbonyl (C=O) groups excluding carboxylic acids is 4. The number of rotatable bonds is 17. The number of epoxide rings is 1. The zero-order chi connectivity index (χ0) is 36.8. The molecule has 50 heavy (non-hydrogen) atoms. The van der Waals surface area contributed by atoms with Crippen LogP contribution in [0.3, 0.4) is 0 Å². The number of methoxy groups -OCH3 is 1. The second-order valence-electron chi connectivity index (χ2n) is 12.7. The number of ether oxygens (including phenoxy) is 3. The van der Waals surface area contributed by atoms with E-state index in [1.54, 1.807) is 38.1 Å². The first kappa shape index (κ1) is 40.0. The lowest BCUT2D eigenvalue weighted by atomic mass is 9.87. The van der Waals surface area contributed by atoms with E-state index in [2.05, 4.69) is 16.7 Å². The van der Waals surface area contributed by atoms with Gasteiger partial charge >= 0.3 is 11.9 Å². The molecule has 2 aliphatic heterocycles. The highest BCUT2D eigenvalue weighted by molar-refractivity contribution is 5.98. The smallest absolute Gasteiger partial charge is 0.328 e. The third-order valence-corrected chi connectivity index (χ3v) is 8.77. The van der Waals surface area contributed by atoms with Crippen molar-refractivity contribution in [1.29, 1.82) is 0 Å². The maximum Gasteiger partial charge on any atom is 0.328 e. The highest BCUT2D eigenvalue weighted by atomic mass is 16.6. The third-order valence-electron chi connectivity index (χ3n) is 8.77. The van der Waals surface area contributed by atoms with Crippen LogP contribution in [0.1, 0.15) is 57.6 Å². The number of morpholine rings is 1. The van der Waals surface area contributed by atoms with Crippen molar-refractivity contribution in [3.8, 4) is 5.75 Å². The van der Waals surface area contributed by atoms with Crippen LogP contribution >= 0.6 is 0 Å². The SMILES string of the molecule is COc1ccc([C@@H](O)[C@H](CC(=O)[C@H](C)NC(=O)C[NH+]2CCOCC2)C(=O)N[C@@H](CC2=CCCC2)C(=O)[C@@]2(C)CO2)cc1.O=C(O)/C=C/C(=O)O. The third kappa shape index (κ3) is 12.8. The number of benzene rings is 1. The van der Waals surface area contributed by atoms with Crippen molar-refractivity contribution in [3.63, 3.8) is 0 Å². The Labute approximate surface area is 290 Å². The molecule has 0 aromatic heterocycles. The van der Waals surface area contributed by atoms with Crippen LogP contribution in [0.5, 0.6) is 5.75 Å². The van der Waals surface area contributed by atoms with Crippen molar-refractivity contribution in [1.82, 2.24) is 10.6 Å².